The Labute approximate surface area is 85.9 Å². The molecule has 1 heterocycles. The Balaban J connectivity index is 2.95. The van der Waals surface area contributed by atoms with Gasteiger partial charge >= 0.3 is 0 Å². The molecule has 0 radical (unpaired) electrons. The summed E-state index contributed by atoms with van der Waals surface area (Å²) in [7, 11) is 0. The van der Waals surface area contributed by atoms with Crippen molar-refractivity contribution in [1.82, 2.24) is 0 Å². The zero-order valence-electron chi connectivity index (χ0n) is 7.00. The number of halogens is 1. The Hall–Kier alpha value is -0.860. The van der Waals surface area contributed by atoms with E-state index in [4.69, 9.17) is 28.2 Å². The lowest BCUT2D eigenvalue weighted by Crippen LogP contribution is -1.77. The summed E-state index contributed by atoms with van der Waals surface area (Å²) < 4.78 is 6.25. The first-order valence-electron chi connectivity index (χ1n) is 3.87. The van der Waals surface area contributed by atoms with E-state index in [1.54, 1.807) is 6.07 Å². The van der Waals surface area contributed by atoms with Crippen molar-refractivity contribution in [3.05, 3.63) is 39.6 Å². The molecule has 0 fully saturated rings. The molecular formula is C10H7ClOS. The molecule has 0 bridgehead atoms. The Morgan fingerprint density at radius 1 is 1.31 bits per heavy atom. The monoisotopic (exact) mass is 210 g/mol. The Morgan fingerprint density at radius 2 is 2.08 bits per heavy atom. The molecular weight excluding hydrogens is 204 g/mol. The average Bonchev–Trinajstić information content (AvgIpc) is 2.06. The molecule has 3 heteroatoms. The van der Waals surface area contributed by atoms with Crippen LogP contribution in [0, 0.1) is 11.4 Å². The van der Waals surface area contributed by atoms with Gasteiger partial charge in [-0.15, -0.1) is 0 Å². The Morgan fingerprint density at radius 3 is 2.85 bits per heavy atom. The van der Waals surface area contributed by atoms with Gasteiger partial charge in [-0.1, -0.05) is 23.8 Å². The minimum Gasteiger partial charge on any atom is -0.461 e. The number of rotatable bonds is 0. The topological polar surface area (TPSA) is 13.1 Å². The summed E-state index contributed by atoms with van der Waals surface area (Å²) in [6, 6.07) is 7.28. The number of hydrogen-bond acceptors (Lipinski definition) is 2. The molecule has 2 aromatic rings. The number of fused-ring (bicyclic) bond motifs is 1. The van der Waals surface area contributed by atoms with E-state index in [1.807, 2.05) is 25.1 Å². The third-order valence-corrected chi connectivity index (χ3v) is 2.39. The van der Waals surface area contributed by atoms with E-state index in [0.717, 1.165) is 21.2 Å². The summed E-state index contributed by atoms with van der Waals surface area (Å²) in [4.78, 5) is 0. The van der Waals surface area contributed by atoms with Crippen LogP contribution in [-0.2, 0) is 0 Å². The Bertz CT molecular complexity index is 516. The SMILES string of the molecule is Cc1cc(=S)c2cc(Cl)ccc2o1. The van der Waals surface area contributed by atoms with Crippen LogP contribution in [0.4, 0.5) is 0 Å². The van der Waals surface area contributed by atoms with Crippen molar-refractivity contribution in [2.45, 2.75) is 6.92 Å². The molecule has 0 aliphatic rings. The second-order valence-corrected chi connectivity index (χ2v) is 3.74. The molecule has 2 rings (SSSR count). The summed E-state index contributed by atoms with van der Waals surface area (Å²) in [6.45, 7) is 1.88. The quantitative estimate of drug-likeness (QED) is 0.607. The predicted molar refractivity (Wildman–Crippen MR) is 56.8 cm³/mol. The van der Waals surface area contributed by atoms with Gasteiger partial charge in [-0.2, -0.15) is 0 Å². The lowest BCUT2D eigenvalue weighted by molar-refractivity contribution is 0.565. The minimum atomic E-state index is 0.678. The summed E-state index contributed by atoms with van der Waals surface area (Å²) in [5.74, 6) is 0.819. The predicted octanol–water partition coefficient (Wildman–Crippen LogP) is 4.12. The van der Waals surface area contributed by atoms with Crippen LogP contribution < -0.4 is 0 Å². The van der Waals surface area contributed by atoms with E-state index in [0.29, 0.717) is 5.02 Å². The van der Waals surface area contributed by atoms with Gasteiger partial charge in [0.1, 0.15) is 11.3 Å². The van der Waals surface area contributed by atoms with E-state index in [2.05, 4.69) is 0 Å². The summed E-state index contributed by atoms with van der Waals surface area (Å²) in [5.41, 5.74) is 0.786. The maximum atomic E-state index is 5.84. The van der Waals surface area contributed by atoms with Gasteiger partial charge in [-0.3, -0.25) is 0 Å². The molecule has 1 aromatic carbocycles. The third-order valence-electron chi connectivity index (χ3n) is 1.81. The highest BCUT2D eigenvalue weighted by Gasteiger charge is 1.99. The molecule has 0 N–H and O–H groups in total. The van der Waals surface area contributed by atoms with E-state index < -0.39 is 0 Å². The standard InChI is InChI=1S/C10H7ClOS/c1-6-4-10(13)8-5-7(11)2-3-9(8)12-6/h2-5H,1H3. The van der Waals surface area contributed by atoms with Crippen LogP contribution in [0.1, 0.15) is 5.76 Å². The van der Waals surface area contributed by atoms with Crippen molar-refractivity contribution in [2.75, 3.05) is 0 Å². The summed E-state index contributed by atoms with van der Waals surface area (Å²) in [5, 5.41) is 1.57. The van der Waals surface area contributed by atoms with Crippen LogP contribution in [0.3, 0.4) is 0 Å². The van der Waals surface area contributed by atoms with Crippen molar-refractivity contribution >= 4 is 34.8 Å². The van der Waals surface area contributed by atoms with Crippen LogP contribution in [0.2, 0.25) is 5.02 Å². The first-order chi connectivity index (χ1) is 6.16. The molecule has 66 valence electrons. The van der Waals surface area contributed by atoms with Crippen molar-refractivity contribution < 1.29 is 4.42 Å². The van der Waals surface area contributed by atoms with Crippen LogP contribution in [0.15, 0.2) is 28.7 Å². The van der Waals surface area contributed by atoms with Crippen LogP contribution in [0.25, 0.3) is 11.0 Å². The van der Waals surface area contributed by atoms with Gasteiger partial charge in [0.15, 0.2) is 0 Å². The van der Waals surface area contributed by atoms with Crippen molar-refractivity contribution in [3.63, 3.8) is 0 Å². The van der Waals surface area contributed by atoms with E-state index in [1.165, 1.54) is 0 Å². The van der Waals surface area contributed by atoms with E-state index >= 15 is 0 Å². The van der Waals surface area contributed by atoms with Crippen LogP contribution in [0.5, 0.6) is 0 Å². The van der Waals surface area contributed by atoms with Crippen molar-refractivity contribution in [2.24, 2.45) is 0 Å². The van der Waals surface area contributed by atoms with Gasteiger partial charge in [0.2, 0.25) is 0 Å². The number of benzene rings is 1. The number of aryl methyl sites for hydroxylation is 1. The van der Waals surface area contributed by atoms with Crippen LogP contribution >= 0.6 is 23.8 Å². The molecule has 1 aromatic heterocycles. The van der Waals surface area contributed by atoms with Crippen LogP contribution in [-0.4, -0.2) is 0 Å². The summed E-state index contributed by atoms with van der Waals surface area (Å²) >= 11 is 11.0. The number of hydrogen-bond donors (Lipinski definition) is 0. The molecule has 0 unspecified atom stereocenters. The fourth-order valence-electron chi connectivity index (χ4n) is 1.25. The van der Waals surface area contributed by atoms with Crippen molar-refractivity contribution in [1.29, 1.82) is 0 Å². The first-order valence-corrected chi connectivity index (χ1v) is 4.65. The van der Waals surface area contributed by atoms with Gasteiger partial charge in [-0.05, 0) is 31.2 Å². The van der Waals surface area contributed by atoms with Gasteiger partial charge in [0.05, 0.1) is 4.51 Å². The maximum absolute atomic E-state index is 5.84. The molecule has 0 amide bonds. The fourth-order valence-corrected chi connectivity index (χ4v) is 1.75. The molecule has 13 heavy (non-hydrogen) atoms. The molecule has 0 saturated carbocycles. The fraction of sp³-hybridized carbons (Fsp3) is 0.100. The van der Waals surface area contributed by atoms with Gasteiger partial charge in [-0.25, -0.2) is 0 Å². The second-order valence-electron chi connectivity index (χ2n) is 2.86. The smallest absolute Gasteiger partial charge is 0.135 e. The first kappa shape index (κ1) is 8.73. The van der Waals surface area contributed by atoms with Gasteiger partial charge in [0, 0.05) is 10.4 Å². The van der Waals surface area contributed by atoms with Gasteiger partial charge in [0.25, 0.3) is 0 Å². The van der Waals surface area contributed by atoms with E-state index in [9.17, 15) is 0 Å². The third kappa shape index (κ3) is 1.60. The lowest BCUT2D eigenvalue weighted by Gasteiger charge is -1.99. The van der Waals surface area contributed by atoms with Crippen molar-refractivity contribution in [3.8, 4) is 0 Å². The van der Waals surface area contributed by atoms with Gasteiger partial charge < -0.3 is 4.42 Å². The summed E-state index contributed by atoms with van der Waals surface area (Å²) in [6.07, 6.45) is 0. The van der Waals surface area contributed by atoms with E-state index in [-0.39, 0.29) is 0 Å². The molecule has 0 aliphatic carbocycles. The second kappa shape index (κ2) is 3.13. The maximum Gasteiger partial charge on any atom is 0.135 e. The zero-order valence-corrected chi connectivity index (χ0v) is 8.58. The largest absolute Gasteiger partial charge is 0.461 e. The Kier molecular flexibility index (Phi) is 2.10. The highest BCUT2D eigenvalue weighted by atomic mass is 35.5. The molecule has 0 atom stereocenters. The molecule has 0 saturated heterocycles. The minimum absolute atomic E-state index is 0.678. The normalized spacial score (nSPS) is 10.6. The highest BCUT2D eigenvalue weighted by Crippen LogP contribution is 2.21. The zero-order chi connectivity index (χ0) is 9.42. The highest BCUT2D eigenvalue weighted by molar-refractivity contribution is 7.71. The molecule has 1 nitrogen and oxygen atoms in total. The average molecular weight is 211 g/mol. The lowest BCUT2D eigenvalue weighted by atomic mass is 10.2. The molecule has 0 aliphatic heterocycles. The molecule has 0 spiro atoms.